The lowest BCUT2D eigenvalue weighted by Crippen LogP contribution is -2.54. The predicted octanol–water partition coefficient (Wildman–Crippen LogP) is 3.91. The highest BCUT2D eigenvalue weighted by molar-refractivity contribution is 9.10. The molecular weight excluding hydrogens is 428 g/mol. The summed E-state index contributed by atoms with van der Waals surface area (Å²) in [6.07, 6.45) is 1.51. The van der Waals surface area contributed by atoms with E-state index in [0.717, 1.165) is 15.6 Å². The minimum absolute atomic E-state index is 0.0139. The summed E-state index contributed by atoms with van der Waals surface area (Å²) < 4.78 is 6.14. The summed E-state index contributed by atoms with van der Waals surface area (Å²) in [5.74, 6) is -0.455. The molecule has 0 bridgehead atoms. The molecule has 1 heterocycles. The van der Waals surface area contributed by atoms with Gasteiger partial charge in [0, 0.05) is 10.0 Å². The maximum atomic E-state index is 13.1. The van der Waals surface area contributed by atoms with Gasteiger partial charge in [0.2, 0.25) is 0 Å². The van der Waals surface area contributed by atoms with E-state index in [0.29, 0.717) is 17.0 Å². The van der Waals surface area contributed by atoms with Gasteiger partial charge in [-0.3, -0.25) is 19.8 Å². The quantitative estimate of drug-likeness (QED) is 0.442. The van der Waals surface area contributed by atoms with E-state index in [1.54, 1.807) is 12.1 Å². The molecule has 138 valence electrons. The molecule has 1 N–H and O–H groups in total. The summed E-state index contributed by atoms with van der Waals surface area (Å²) in [6, 6.07) is 11.0. The van der Waals surface area contributed by atoms with Crippen molar-refractivity contribution in [3.05, 3.63) is 63.1 Å². The molecule has 0 unspecified atom stereocenters. The predicted molar refractivity (Wildman–Crippen MR) is 113 cm³/mol. The zero-order chi connectivity index (χ0) is 19.7. The molecule has 1 saturated heterocycles. The molecule has 0 saturated carbocycles. The highest BCUT2D eigenvalue weighted by Gasteiger charge is 2.35. The van der Waals surface area contributed by atoms with Crippen molar-refractivity contribution in [2.75, 3.05) is 12.0 Å². The molecule has 5 nitrogen and oxygen atoms in total. The normalized spacial score (nSPS) is 15.9. The first kappa shape index (κ1) is 19.3. The first-order valence-electron chi connectivity index (χ1n) is 8.14. The van der Waals surface area contributed by atoms with Gasteiger partial charge in [-0.05, 0) is 62.0 Å². The minimum Gasteiger partial charge on any atom is -0.496 e. The molecule has 0 aromatic heterocycles. The average molecular weight is 445 g/mol. The van der Waals surface area contributed by atoms with Crippen LogP contribution in [0.1, 0.15) is 16.7 Å². The zero-order valence-electron chi connectivity index (χ0n) is 15.0. The van der Waals surface area contributed by atoms with Gasteiger partial charge in [-0.1, -0.05) is 33.6 Å². The van der Waals surface area contributed by atoms with Crippen molar-refractivity contribution in [1.82, 2.24) is 5.32 Å². The van der Waals surface area contributed by atoms with E-state index < -0.39 is 11.8 Å². The van der Waals surface area contributed by atoms with Crippen LogP contribution in [0, 0.1) is 13.8 Å². The van der Waals surface area contributed by atoms with Crippen molar-refractivity contribution in [3.63, 3.8) is 0 Å². The summed E-state index contributed by atoms with van der Waals surface area (Å²) in [7, 11) is 1.53. The fourth-order valence-electron chi connectivity index (χ4n) is 2.91. The molecule has 1 aliphatic heterocycles. The average Bonchev–Trinajstić information content (AvgIpc) is 2.60. The Morgan fingerprint density at radius 1 is 1.15 bits per heavy atom. The number of carbonyl (C=O) groups is 2. The van der Waals surface area contributed by atoms with Crippen LogP contribution in [0.2, 0.25) is 0 Å². The van der Waals surface area contributed by atoms with Crippen LogP contribution in [0.5, 0.6) is 5.75 Å². The van der Waals surface area contributed by atoms with Crippen LogP contribution in [-0.2, 0) is 9.59 Å². The number of methoxy groups -OCH3 is 1. The molecule has 1 fully saturated rings. The third-order valence-electron chi connectivity index (χ3n) is 4.19. The maximum absolute atomic E-state index is 13.1. The number of benzene rings is 2. The van der Waals surface area contributed by atoms with E-state index in [2.05, 4.69) is 21.2 Å². The van der Waals surface area contributed by atoms with Gasteiger partial charge in [-0.15, -0.1) is 0 Å². The molecule has 2 amide bonds. The van der Waals surface area contributed by atoms with Crippen molar-refractivity contribution in [2.24, 2.45) is 0 Å². The van der Waals surface area contributed by atoms with Gasteiger partial charge < -0.3 is 4.74 Å². The van der Waals surface area contributed by atoms with Gasteiger partial charge in [0.1, 0.15) is 11.3 Å². The van der Waals surface area contributed by atoms with Crippen molar-refractivity contribution in [3.8, 4) is 5.75 Å². The first-order chi connectivity index (χ1) is 12.8. The van der Waals surface area contributed by atoms with Gasteiger partial charge in [-0.25, -0.2) is 0 Å². The molecule has 7 heteroatoms. The van der Waals surface area contributed by atoms with Crippen LogP contribution < -0.4 is 15.0 Å². The summed E-state index contributed by atoms with van der Waals surface area (Å²) in [6.45, 7) is 3.87. The van der Waals surface area contributed by atoms with Crippen molar-refractivity contribution in [1.29, 1.82) is 0 Å². The van der Waals surface area contributed by atoms with Gasteiger partial charge >= 0.3 is 0 Å². The number of nitrogens with zero attached hydrogens (tertiary/aromatic N) is 1. The molecule has 27 heavy (non-hydrogen) atoms. The number of amides is 2. The summed E-state index contributed by atoms with van der Waals surface area (Å²) in [5, 5.41) is 2.66. The molecule has 0 radical (unpaired) electrons. The number of rotatable bonds is 3. The standard InChI is InChI=1S/C20H17BrN2O3S/c1-11-4-6-16(12(2)8-11)23-19(25)15(18(24)22-20(23)27)10-13-9-14(21)5-7-17(13)26-3/h4-10H,1-3H3,(H,22,24,27)/b15-10+. The van der Waals surface area contributed by atoms with E-state index in [-0.39, 0.29) is 10.7 Å². The fraction of sp³-hybridized carbons (Fsp3) is 0.150. The molecule has 3 rings (SSSR count). The maximum Gasteiger partial charge on any atom is 0.270 e. The molecule has 2 aromatic rings. The van der Waals surface area contributed by atoms with Gasteiger partial charge in [0.15, 0.2) is 5.11 Å². The number of anilines is 1. The second kappa shape index (κ2) is 7.62. The van der Waals surface area contributed by atoms with Crippen molar-refractivity contribution in [2.45, 2.75) is 13.8 Å². The Morgan fingerprint density at radius 2 is 1.89 bits per heavy atom. The Morgan fingerprint density at radius 3 is 2.56 bits per heavy atom. The second-order valence-corrected chi connectivity index (χ2v) is 7.44. The summed E-state index contributed by atoms with van der Waals surface area (Å²) in [5.41, 5.74) is 3.20. The number of hydrogen-bond acceptors (Lipinski definition) is 4. The molecule has 1 aliphatic rings. The van der Waals surface area contributed by atoms with E-state index in [9.17, 15) is 9.59 Å². The first-order valence-corrected chi connectivity index (χ1v) is 9.34. The number of halogens is 1. The zero-order valence-corrected chi connectivity index (χ0v) is 17.4. The smallest absolute Gasteiger partial charge is 0.270 e. The fourth-order valence-corrected chi connectivity index (χ4v) is 3.56. The highest BCUT2D eigenvalue weighted by atomic mass is 79.9. The second-order valence-electron chi connectivity index (χ2n) is 6.13. The molecule has 0 aliphatic carbocycles. The van der Waals surface area contributed by atoms with Crippen LogP contribution in [0.4, 0.5) is 5.69 Å². The number of aryl methyl sites for hydroxylation is 2. The van der Waals surface area contributed by atoms with Gasteiger partial charge in [0.25, 0.3) is 11.8 Å². The summed E-state index contributed by atoms with van der Waals surface area (Å²) >= 11 is 8.65. The Kier molecular flexibility index (Phi) is 5.43. The Bertz CT molecular complexity index is 1000. The molecule has 0 atom stereocenters. The molecule has 0 spiro atoms. The summed E-state index contributed by atoms with van der Waals surface area (Å²) in [4.78, 5) is 26.9. The van der Waals surface area contributed by atoms with E-state index in [1.165, 1.54) is 18.1 Å². The lowest BCUT2D eigenvalue weighted by atomic mass is 10.0. The molecule has 2 aromatic carbocycles. The van der Waals surface area contributed by atoms with Crippen LogP contribution in [0.15, 0.2) is 46.4 Å². The third-order valence-corrected chi connectivity index (χ3v) is 4.96. The SMILES string of the molecule is COc1ccc(Br)cc1/C=C1\C(=O)NC(=S)N(c2ccc(C)cc2C)C1=O. The molecular formula is C20H17BrN2O3S. The van der Waals surface area contributed by atoms with Crippen molar-refractivity contribution >= 4 is 56.8 Å². The monoisotopic (exact) mass is 444 g/mol. The Hall–Kier alpha value is -2.51. The van der Waals surface area contributed by atoms with E-state index in [1.807, 2.05) is 38.1 Å². The van der Waals surface area contributed by atoms with Gasteiger partial charge in [0.05, 0.1) is 12.8 Å². The number of nitrogens with one attached hydrogen (secondary N) is 1. The topological polar surface area (TPSA) is 58.6 Å². The Labute approximate surface area is 171 Å². The lowest BCUT2D eigenvalue weighted by molar-refractivity contribution is -0.122. The number of thiocarbonyl (C=S) groups is 1. The number of ether oxygens (including phenoxy) is 1. The minimum atomic E-state index is -0.534. The van der Waals surface area contributed by atoms with E-state index >= 15 is 0 Å². The van der Waals surface area contributed by atoms with Crippen LogP contribution >= 0.6 is 28.1 Å². The highest BCUT2D eigenvalue weighted by Crippen LogP contribution is 2.29. The Balaban J connectivity index is 2.09. The van der Waals surface area contributed by atoms with Crippen LogP contribution in [0.3, 0.4) is 0 Å². The van der Waals surface area contributed by atoms with Crippen LogP contribution in [0.25, 0.3) is 6.08 Å². The number of carbonyl (C=O) groups excluding carboxylic acids is 2. The number of hydrogen-bond donors (Lipinski definition) is 1. The largest absolute Gasteiger partial charge is 0.496 e. The lowest BCUT2D eigenvalue weighted by Gasteiger charge is -2.30. The van der Waals surface area contributed by atoms with E-state index in [4.69, 9.17) is 17.0 Å². The van der Waals surface area contributed by atoms with Crippen molar-refractivity contribution < 1.29 is 14.3 Å². The third kappa shape index (κ3) is 3.79. The van der Waals surface area contributed by atoms with Gasteiger partial charge in [-0.2, -0.15) is 0 Å². The van der Waals surface area contributed by atoms with Crippen LogP contribution in [-0.4, -0.2) is 24.0 Å².